The van der Waals surface area contributed by atoms with E-state index in [1.54, 1.807) is 0 Å². The van der Waals surface area contributed by atoms with E-state index >= 15 is 0 Å². The molecule has 0 saturated carbocycles. The topological polar surface area (TPSA) is 63.3 Å². The molecule has 64 valence electrons. The van der Waals surface area contributed by atoms with Crippen LogP contribution in [0, 0.1) is 5.82 Å². The van der Waals surface area contributed by atoms with Gasteiger partial charge in [0.1, 0.15) is 0 Å². The minimum atomic E-state index is -1.31. The number of carbonyl (C=O) groups is 1. The van der Waals surface area contributed by atoms with E-state index in [9.17, 15) is 9.18 Å². The van der Waals surface area contributed by atoms with E-state index in [1.807, 2.05) is 0 Å². The van der Waals surface area contributed by atoms with Crippen molar-refractivity contribution in [1.82, 2.24) is 0 Å². The summed E-state index contributed by atoms with van der Waals surface area (Å²) in [6.45, 7) is 0. The van der Waals surface area contributed by atoms with Gasteiger partial charge < -0.3 is 10.8 Å². The Bertz CT molecular complexity index is 340. The predicted molar refractivity (Wildman–Crippen MR) is 45.5 cm³/mol. The standard InChI is InChI=1S/C7H5BrFNO2/c8-5-4(10)2-1-3(6(5)9)7(11)12/h1-2H,10H2,(H,11,12). The van der Waals surface area contributed by atoms with Crippen LogP contribution in [0.15, 0.2) is 16.6 Å². The Morgan fingerprint density at radius 1 is 1.58 bits per heavy atom. The highest BCUT2D eigenvalue weighted by Crippen LogP contribution is 2.25. The van der Waals surface area contributed by atoms with Gasteiger partial charge in [-0.05, 0) is 28.1 Å². The largest absolute Gasteiger partial charge is 0.478 e. The van der Waals surface area contributed by atoms with Crippen LogP contribution >= 0.6 is 15.9 Å². The molecule has 0 radical (unpaired) electrons. The molecule has 0 aliphatic carbocycles. The molecular weight excluding hydrogens is 229 g/mol. The van der Waals surface area contributed by atoms with Gasteiger partial charge in [0.15, 0.2) is 5.82 Å². The summed E-state index contributed by atoms with van der Waals surface area (Å²) in [5.74, 6) is -2.16. The maximum absolute atomic E-state index is 13.0. The lowest BCUT2D eigenvalue weighted by Crippen LogP contribution is -2.02. The van der Waals surface area contributed by atoms with Crippen LogP contribution in [0.3, 0.4) is 0 Å². The second-order valence-corrected chi connectivity index (χ2v) is 2.93. The van der Waals surface area contributed by atoms with Gasteiger partial charge in [0.05, 0.1) is 10.0 Å². The number of carboxylic acids is 1. The van der Waals surface area contributed by atoms with Crippen molar-refractivity contribution in [3.63, 3.8) is 0 Å². The van der Waals surface area contributed by atoms with Crippen LogP contribution in [0.1, 0.15) is 10.4 Å². The lowest BCUT2D eigenvalue weighted by molar-refractivity contribution is 0.0692. The first-order valence-corrected chi connectivity index (χ1v) is 3.80. The molecule has 0 saturated heterocycles. The lowest BCUT2D eigenvalue weighted by atomic mass is 10.2. The second-order valence-electron chi connectivity index (χ2n) is 2.14. The minimum absolute atomic E-state index is 0.0117. The number of hydrogen-bond acceptors (Lipinski definition) is 2. The average molecular weight is 234 g/mol. The van der Waals surface area contributed by atoms with Crippen molar-refractivity contribution < 1.29 is 14.3 Å². The molecule has 0 aliphatic rings. The van der Waals surface area contributed by atoms with Gasteiger partial charge in [0, 0.05) is 5.69 Å². The third kappa shape index (κ3) is 1.40. The number of rotatable bonds is 1. The third-order valence-electron chi connectivity index (χ3n) is 1.34. The summed E-state index contributed by atoms with van der Waals surface area (Å²) >= 11 is 2.83. The molecule has 12 heavy (non-hydrogen) atoms. The first kappa shape index (κ1) is 8.99. The number of benzene rings is 1. The Morgan fingerprint density at radius 2 is 2.17 bits per heavy atom. The summed E-state index contributed by atoms with van der Waals surface area (Å²) in [6.07, 6.45) is 0. The molecule has 0 spiro atoms. The van der Waals surface area contributed by atoms with Gasteiger partial charge in [-0.2, -0.15) is 0 Å². The smallest absolute Gasteiger partial charge is 0.338 e. The fraction of sp³-hybridized carbons (Fsp3) is 0. The first-order valence-electron chi connectivity index (χ1n) is 3.01. The van der Waals surface area contributed by atoms with Crippen LogP contribution in [0.2, 0.25) is 0 Å². The molecule has 1 aromatic rings. The molecule has 0 heterocycles. The molecule has 3 nitrogen and oxygen atoms in total. The second kappa shape index (κ2) is 3.10. The van der Waals surface area contributed by atoms with Crippen molar-refractivity contribution in [2.24, 2.45) is 0 Å². The summed E-state index contributed by atoms with van der Waals surface area (Å²) < 4.78 is 13.0. The minimum Gasteiger partial charge on any atom is -0.478 e. The molecule has 0 atom stereocenters. The molecule has 1 rings (SSSR count). The fourth-order valence-electron chi connectivity index (χ4n) is 0.730. The Kier molecular flexibility index (Phi) is 2.32. The van der Waals surface area contributed by atoms with Crippen molar-refractivity contribution in [2.45, 2.75) is 0 Å². The van der Waals surface area contributed by atoms with Crippen LogP contribution in [0.25, 0.3) is 0 Å². The van der Waals surface area contributed by atoms with Crippen molar-refractivity contribution in [1.29, 1.82) is 0 Å². The number of hydrogen-bond donors (Lipinski definition) is 2. The molecule has 3 N–H and O–H groups in total. The van der Waals surface area contributed by atoms with Crippen LogP contribution in [0.5, 0.6) is 0 Å². The Balaban J connectivity index is 3.36. The van der Waals surface area contributed by atoms with Gasteiger partial charge in [-0.3, -0.25) is 0 Å². The highest BCUT2D eigenvalue weighted by molar-refractivity contribution is 9.10. The molecule has 5 heteroatoms. The van der Waals surface area contributed by atoms with Gasteiger partial charge in [0.2, 0.25) is 0 Å². The molecular formula is C7H5BrFNO2. The van der Waals surface area contributed by atoms with E-state index in [1.165, 1.54) is 6.07 Å². The van der Waals surface area contributed by atoms with Crippen molar-refractivity contribution >= 4 is 27.6 Å². The normalized spacial score (nSPS) is 9.83. The van der Waals surface area contributed by atoms with Crippen molar-refractivity contribution in [2.75, 3.05) is 5.73 Å². The number of halogens is 2. The summed E-state index contributed by atoms with van der Waals surface area (Å²) in [6, 6.07) is 2.45. The van der Waals surface area contributed by atoms with Crippen LogP contribution < -0.4 is 5.73 Å². The van der Waals surface area contributed by atoms with Crippen LogP contribution in [-0.4, -0.2) is 11.1 Å². The summed E-state index contributed by atoms with van der Waals surface area (Å²) in [5, 5.41) is 8.48. The summed E-state index contributed by atoms with van der Waals surface area (Å²) in [4.78, 5) is 10.4. The van der Waals surface area contributed by atoms with Gasteiger partial charge in [-0.15, -0.1) is 0 Å². The van der Waals surface area contributed by atoms with Crippen LogP contribution in [-0.2, 0) is 0 Å². The number of carboxylic acid groups (broad SMARTS) is 1. The van der Waals surface area contributed by atoms with Gasteiger partial charge in [0.25, 0.3) is 0 Å². The predicted octanol–water partition coefficient (Wildman–Crippen LogP) is 1.87. The highest BCUT2D eigenvalue weighted by Gasteiger charge is 2.14. The molecule has 0 fully saturated rings. The van der Waals surface area contributed by atoms with Crippen molar-refractivity contribution in [3.8, 4) is 0 Å². The van der Waals surface area contributed by atoms with E-state index in [0.29, 0.717) is 0 Å². The van der Waals surface area contributed by atoms with Crippen LogP contribution in [0.4, 0.5) is 10.1 Å². The third-order valence-corrected chi connectivity index (χ3v) is 2.15. The summed E-state index contributed by atoms with van der Waals surface area (Å²) in [7, 11) is 0. The van der Waals surface area contributed by atoms with Crippen molar-refractivity contribution in [3.05, 3.63) is 28.0 Å². The Morgan fingerprint density at radius 3 is 2.67 bits per heavy atom. The molecule has 0 amide bonds. The first-order chi connectivity index (χ1) is 5.54. The van der Waals surface area contributed by atoms with E-state index in [2.05, 4.69) is 15.9 Å². The Hall–Kier alpha value is -1.10. The molecule has 0 unspecified atom stereocenters. The van der Waals surface area contributed by atoms with E-state index in [-0.39, 0.29) is 10.2 Å². The zero-order valence-electron chi connectivity index (χ0n) is 5.84. The molecule has 0 bridgehead atoms. The zero-order chi connectivity index (χ0) is 9.30. The fourth-order valence-corrected chi connectivity index (χ4v) is 1.08. The maximum Gasteiger partial charge on any atom is 0.338 e. The molecule has 0 aromatic heterocycles. The van der Waals surface area contributed by atoms with E-state index < -0.39 is 17.3 Å². The lowest BCUT2D eigenvalue weighted by Gasteiger charge is -2.01. The average Bonchev–Trinajstić information content (AvgIpc) is 2.00. The maximum atomic E-state index is 13.0. The van der Waals surface area contributed by atoms with E-state index in [0.717, 1.165) is 6.07 Å². The van der Waals surface area contributed by atoms with Gasteiger partial charge in [-0.25, -0.2) is 9.18 Å². The quantitative estimate of drug-likeness (QED) is 0.729. The monoisotopic (exact) mass is 233 g/mol. The molecule has 1 aromatic carbocycles. The number of nitrogens with two attached hydrogens (primary N) is 1. The summed E-state index contributed by atoms with van der Waals surface area (Å²) in [5.41, 5.74) is 5.10. The Labute approximate surface area is 76.1 Å². The SMILES string of the molecule is Nc1ccc(C(=O)O)c(F)c1Br. The van der Waals surface area contributed by atoms with Gasteiger partial charge in [-0.1, -0.05) is 0 Å². The molecule has 0 aliphatic heterocycles. The highest BCUT2D eigenvalue weighted by atomic mass is 79.9. The number of anilines is 1. The number of aromatic carboxylic acids is 1. The zero-order valence-corrected chi connectivity index (χ0v) is 7.43. The number of nitrogen functional groups attached to an aromatic ring is 1. The van der Waals surface area contributed by atoms with Gasteiger partial charge >= 0.3 is 5.97 Å². The van der Waals surface area contributed by atoms with E-state index in [4.69, 9.17) is 10.8 Å².